The molecule has 0 amide bonds. The van der Waals surface area contributed by atoms with Crippen molar-refractivity contribution < 1.29 is 8.42 Å². The standard InChI is InChI=1S/C16H18ClNO2S/c1-11-8-12(2)16(13(3)9-11)21(19,20)18-10-14-6-4-5-7-15(14)17/h4-9,18H,10H2,1-3H3. The molecule has 0 radical (unpaired) electrons. The Labute approximate surface area is 131 Å². The summed E-state index contributed by atoms with van der Waals surface area (Å²) >= 11 is 6.05. The second-order valence-electron chi connectivity index (χ2n) is 5.14. The van der Waals surface area contributed by atoms with Crippen LogP contribution >= 0.6 is 11.6 Å². The number of nitrogens with one attached hydrogen (secondary N) is 1. The van der Waals surface area contributed by atoms with Crippen LogP contribution in [0.1, 0.15) is 22.3 Å². The molecule has 0 aliphatic carbocycles. The van der Waals surface area contributed by atoms with Gasteiger partial charge in [0.05, 0.1) is 4.90 Å². The first kappa shape index (κ1) is 16.0. The highest BCUT2D eigenvalue weighted by molar-refractivity contribution is 7.89. The quantitative estimate of drug-likeness (QED) is 0.931. The molecule has 2 aromatic rings. The summed E-state index contributed by atoms with van der Waals surface area (Å²) < 4.78 is 27.7. The van der Waals surface area contributed by atoms with E-state index in [9.17, 15) is 8.42 Å². The van der Waals surface area contributed by atoms with Gasteiger partial charge in [0.1, 0.15) is 0 Å². The van der Waals surface area contributed by atoms with Gasteiger partial charge in [-0.1, -0.05) is 47.5 Å². The second-order valence-corrected chi connectivity index (χ2v) is 7.25. The van der Waals surface area contributed by atoms with Crippen molar-refractivity contribution in [3.63, 3.8) is 0 Å². The van der Waals surface area contributed by atoms with E-state index in [2.05, 4.69) is 4.72 Å². The Bertz CT molecular complexity index is 747. The molecule has 0 bridgehead atoms. The average molecular weight is 324 g/mol. The number of rotatable bonds is 4. The lowest BCUT2D eigenvalue weighted by Crippen LogP contribution is -2.25. The molecule has 0 fully saturated rings. The first-order valence-electron chi connectivity index (χ1n) is 6.62. The molecule has 0 aliphatic heterocycles. The van der Waals surface area contributed by atoms with Gasteiger partial charge in [-0.3, -0.25) is 0 Å². The Morgan fingerprint density at radius 3 is 2.19 bits per heavy atom. The zero-order chi connectivity index (χ0) is 15.6. The fourth-order valence-electron chi connectivity index (χ4n) is 2.48. The van der Waals surface area contributed by atoms with Crippen LogP contribution in [-0.2, 0) is 16.6 Å². The van der Waals surface area contributed by atoms with Crippen LogP contribution in [0.25, 0.3) is 0 Å². The van der Waals surface area contributed by atoms with Crippen LogP contribution in [0.4, 0.5) is 0 Å². The van der Waals surface area contributed by atoms with Crippen LogP contribution in [0.2, 0.25) is 5.02 Å². The van der Waals surface area contributed by atoms with E-state index in [1.54, 1.807) is 12.1 Å². The van der Waals surface area contributed by atoms with E-state index in [0.29, 0.717) is 9.92 Å². The summed E-state index contributed by atoms with van der Waals surface area (Å²) in [4.78, 5) is 0.347. The molecule has 0 aromatic heterocycles. The molecule has 0 aliphatic rings. The third-order valence-electron chi connectivity index (χ3n) is 3.28. The van der Waals surface area contributed by atoms with Gasteiger partial charge in [0.15, 0.2) is 0 Å². The summed E-state index contributed by atoms with van der Waals surface area (Å²) in [7, 11) is -3.56. The van der Waals surface area contributed by atoms with Gasteiger partial charge in [-0.05, 0) is 43.5 Å². The molecule has 0 saturated heterocycles. The highest BCUT2D eigenvalue weighted by atomic mass is 35.5. The normalized spacial score (nSPS) is 11.6. The molecular weight excluding hydrogens is 306 g/mol. The molecule has 0 unspecified atom stereocenters. The van der Waals surface area contributed by atoms with Crippen molar-refractivity contribution in [3.05, 3.63) is 63.7 Å². The minimum absolute atomic E-state index is 0.175. The van der Waals surface area contributed by atoms with E-state index in [1.807, 2.05) is 45.0 Å². The van der Waals surface area contributed by atoms with Crippen LogP contribution in [0, 0.1) is 20.8 Å². The van der Waals surface area contributed by atoms with Gasteiger partial charge in [-0.25, -0.2) is 13.1 Å². The van der Waals surface area contributed by atoms with Gasteiger partial charge in [0, 0.05) is 11.6 Å². The molecule has 0 saturated carbocycles. The topological polar surface area (TPSA) is 46.2 Å². The molecule has 2 aromatic carbocycles. The third kappa shape index (κ3) is 3.64. The fraction of sp³-hybridized carbons (Fsp3) is 0.250. The van der Waals surface area contributed by atoms with Crippen LogP contribution in [0.15, 0.2) is 41.3 Å². The van der Waals surface area contributed by atoms with Crippen molar-refractivity contribution in [2.24, 2.45) is 0 Å². The van der Waals surface area contributed by atoms with E-state index in [-0.39, 0.29) is 6.54 Å². The molecule has 5 heteroatoms. The molecule has 1 N–H and O–H groups in total. The van der Waals surface area contributed by atoms with Crippen molar-refractivity contribution in [2.45, 2.75) is 32.2 Å². The van der Waals surface area contributed by atoms with E-state index in [1.165, 1.54) is 0 Å². The van der Waals surface area contributed by atoms with Crippen molar-refractivity contribution >= 4 is 21.6 Å². The van der Waals surface area contributed by atoms with Crippen LogP contribution in [0.5, 0.6) is 0 Å². The maximum atomic E-state index is 12.5. The average Bonchev–Trinajstić information content (AvgIpc) is 2.36. The lowest BCUT2D eigenvalue weighted by Gasteiger charge is -2.13. The third-order valence-corrected chi connectivity index (χ3v) is 5.36. The Balaban J connectivity index is 2.30. The lowest BCUT2D eigenvalue weighted by molar-refractivity contribution is 0.580. The smallest absolute Gasteiger partial charge is 0.207 e. The van der Waals surface area contributed by atoms with Crippen LogP contribution in [-0.4, -0.2) is 8.42 Å². The van der Waals surface area contributed by atoms with Crippen LogP contribution in [0.3, 0.4) is 0 Å². The number of halogens is 1. The molecule has 0 spiro atoms. The summed E-state index contributed by atoms with van der Waals surface area (Å²) in [6, 6.07) is 10.9. The number of sulfonamides is 1. The second kappa shape index (κ2) is 6.18. The number of aryl methyl sites for hydroxylation is 3. The van der Waals surface area contributed by atoms with E-state index in [0.717, 1.165) is 22.3 Å². The maximum Gasteiger partial charge on any atom is 0.241 e. The van der Waals surface area contributed by atoms with Gasteiger partial charge in [-0.15, -0.1) is 0 Å². The van der Waals surface area contributed by atoms with E-state index in [4.69, 9.17) is 11.6 Å². The molecule has 2 rings (SSSR count). The number of hydrogen-bond donors (Lipinski definition) is 1. The largest absolute Gasteiger partial charge is 0.241 e. The van der Waals surface area contributed by atoms with Gasteiger partial charge in [-0.2, -0.15) is 0 Å². The molecular formula is C16H18ClNO2S. The molecule has 112 valence electrons. The highest BCUT2D eigenvalue weighted by Crippen LogP contribution is 2.22. The van der Waals surface area contributed by atoms with Gasteiger partial charge in [0.2, 0.25) is 10.0 Å². The van der Waals surface area contributed by atoms with Crippen molar-refractivity contribution in [1.82, 2.24) is 4.72 Å². The first-order valence-corrected chi connectivity index (χ1v) is 8.48. The molecule has 21 heavy (non-hydrogen) atoms. The minimum Gasteiger partial charge on any atom is -0.207 e. The summed E-state index contributed by atoms with van der Waals surface area (Å²) in [5, 5.41) is 0.553. The Morgan fingerprint density at radius 1 is 1.05 bits per heavy atom. The number of benzene rings is 2. The maximum absolute atomic E-state index is 12.5. The summed E-state index contributed by atoms with van der Waals surface area (Å²) in [5.41, 5.74) is 3.30. The zero-order valence-corrected chi connectivity index (χ0v) is 13.8. The van der Waals surface area contributed by atoms with Crippen molar-refractivity contribution in [2.75, 3.05) is 0 Å². The van der Waals surface area contributed by atoms with Crippen molar-refractivity contribution in [1.29, 1.82) is 0 Å². The van der Waals surface area contributed by atoms with E-state index < -0.39 is 10.0 Å². The lowest BCUT2D eigenvalue weighted by atomic mass is 10.1. The van der Waals surface area contributed by atoms with E-state index >= 15 is 0 Å². The Kier molecular flexibility index (Phi) is 4.71. The SMILES string of the molecule is Cc1cc(C)c(S(=O)(=O)NCc2ccccc2Cl)c(C)c1. The summed E-state index contributed by atoms with van der Waals surface area (Å²) in [5.74, 6) is 0. The summed E-state index contributed by atoms with van der Waals surface area (Å²) in [6.07, 6.45) is 0. The Hall–Kier alpha value is -1.36. The van der Waals surface area contributed by atoms with Gasteiger partial charge in [0.25, 0.3) is 0 Å². The summed E-state index contributed by atoms with van der Waals surface area (Å²) in [6.45, 7) is 5.75. The molecule has 0 atom stereocenters. The monoisotopic (exact) mass is 323 g/mol. The first-order chi connectivity index (χ1) is 9.81. The molecule has 3 nitrogen and oxygen atoms in total. The van der Waals surface area contributed by atoms with Crippen LogP contribution < -0.4 is 4.72 Å². The predicted octanol–water partition coefficient (Wildman–Crippen LogP) is 3.74. The highest BCUT2D eigenvalue weighted by Gasteiger charge is 2.19. The predicted molar refractivity (Wildman–Crippen MR) is 86.1 cm³/mol. The molecule has 0 heterocycles. The van der Waals surface area contributed by atoms with Crippen molar-refractivity contribution in [3.8, 4) is 0 Å². The zero-order valence-electron chi connectivity index (χ0n) is 12.3. The van der Waals surface area contributed by atoms with Gasteiger partial charge >= 0.3 is 0 Å². The number of hydrogen-bond acceptors (Lipinski definition) is 2. The minimum atomic E-state index is -3.56. The fourth-order valence-corrected chi connectivity index (χ4v) is 4.14. The Morgan fingerprint density at radius 2 is 1.62 bits per heavy atom. The van der Waals surface area contributed by atoms with Gasteiger partial charge < -0.3 is 0 Å².